The van der Waals surface area contributed by atoms with Gasteiger partial charge in [-0.3, -0.25) is 0 Å². The van der Waals surface area contributed by atoms with Crippen LogP contribution in [0.5, 0.6) is 0 Å². The van der Waals surface area contributed by atoms with Crippen LogP contribution in [0.3, 0.4) is 0 Å². The molecule has 0 bridgehead atoms. The van der Waals surface area contributed by atoms with Gasteiger partial charge in [0.2, 0.25) is 11.7 Å². The maximum absolute atomic E-state index is 11.1. The zero-order valence-electron chi connectivity index (χ0n) is 10.2. The Bertz CT molecular complexity index is 640. The minimum Gasteiger partial charge on any atom is -0.337 e. The first-order chi connectivity index (χ1) is 8.96. The molecule has 9 heteroatoms. The molecular formula is C10H13N5O3S. The van der Waals surface area contributed by atoms with Crippen LogP contribution in [-0.4, -0.2) is 40.5 Å². The summed E-state index contributed by atoms with van der Waals surface area (Å²) in [7, 11) is -3.06. The van der Waals surface area contributed by atoms with Gasteiger partial charge in [-0.15, -0.1) is 0 Å². The number of sulfone groups is 1. The summed E-state index contributed by atoms with van der Waals surface area (Å²) in [5, 5.41) is 3.75. The van der Waals surface area contributed by atoms with Gasteiger partial charge in [-0.2, -0.15) is 4.98 Å². The van der Waals surface area contributed by atoms with E-state index in [0.29, 0.717) is 11.5 Å². The fourth-order valence-electron chi connectivity index (χ4n) is 1.38. The summed E-state index contributed by atoms with van der Waals surface area (Å²) < 4.78 is 27.1. The monoisotopic (exact) mass is 283 g/mol. The summed E-state index contributed by atoms with van der Waals surface area (Å²) in [6.45, 7) is 0. The molecule has 0 aromatic carbocycles. The Morgan fingerprint density at radius 1 is 1.47 bits per heavy atom. The molecule has 0 radical (unpaired) electrons. The molecule has 0 spiro atoms. The predicted molar refractivity (Wildman–Crippen MR) is 66.6 cm³/mol. The Morgan fingerprint density at radius 3 is 2.89 bits per heavy atom. The first kappa shape index (κ1) is 13.6. The largest absolute Gasteiger partial charge is 0.337 e. The van der Waals surface area contributed by atoms with E-state index in [-0.39, 0.29) is 18.1 Å². The van der Waals surface area contributed by atoms with Crippen LogP contribution in [0.25, 0.3) is 11.5 Å². The minimum absolute atomic E-state index is 0.0284. The summed E-state index contributed by atoms with van der Waals surface area (Å²) in [4.78, 5) is 11.8. The Morgan fingerprint density at radius 2 is 2.26 bits per heavy atom. The number of hydrogen-bond acceptors (Lipinski definition) is 8. The molecule has 0 aliphatic rings. The molecule has 8 nitrogen and oxygen atoms in total. The van der Waals surface area contributed by atoms with E-state index < -0.39 is 15.9 Å². The van der Waals surface area contributed by atoms with Crippen LogP contribution >= 0.6 is 0 Å². The highest BCUT2D eigenvalue weighted by molar-refractivity contribution is 7.90. The van der Waals surface area contributed by atoms with Crippen LogP contribution in [0, 0.1) is 0 Å². The van der Waals surface area contributed by atoms with E-state index in [4.69, 9.17) is 10.3 Å². The molecule has 0 fully saturated rings. The average molecular weight is 283 g/mol. The van der Waals surface area contributed by atoms with Crippen LogP contribution in [0.1, 0.15) is 18.4 Å². The number of nitrogens with two attached hydrogens (primary N) is 1. The molecule has 0 aliphatic carbocycles. The van der Waals surface area contributed by atoms with Crippen LogP contribution < -0.4 is 5.73 Å². The maximum Gasteiger partial charge on any atom is 0.243 e. The number of aromatic nitrogens is 4. The average Bonchev–Trinajstić information content (AvgIpc) is 2.86. The Balaban J connectivity index is 2.09. The third kappa shape index (κ3) is 3.80. The van der Waals surface area contributed by atoms with Crippen molar-refractivity contribution < 1.29 is 12.9 Å². The Hall–Kier alpha value is -1.87. The fraction of sp³-hybridized carbons (Fsp3) is 0.400. The quantitative estimate of drug-likeness (QED) is 0.810. The molecule has 19 heavy (non-hydrogen) atoms. The first-order valence-electron chi connectivity index (χ1n) is 5.49. The van der Waals surface area contributed by atoms with Crippen molar-refractivity contribution in [2.75, 3.05) is 12.0 Å². The van der Waals surface area contributed by atoms with Crippen molar-refractivity contribution in [1.29, 1.82) is 0 Å². The second-order valence-electron chi connectivity index (χ2n) is 4.08. The molecule has 2 aromatic heterocycles. The van der Waals surface area contributed by atoms with E-state index >= 15 is 0 Å². The zero-order valence-corrected chi connectivity index (χ0v) is 11.0. The van der Waals surface area contributed by atoms with Crippen LogP contribution in [0.4, 0.5) is 0 Å². The summed E-state index contributed by atoms with van der Waals surface area (Å²) in [5.74, 6) is 0.462. The number of hydrogen-bond donors (Lipinski definition) is 1. The number of nitrogens with zero attached hydrogens (tertiary/aromatic N) is 4. The molecule has 1 atom stereocenters. The Labute approximate surface area is 110 Å². The van der Waals surface area contributed by atoms with Crippen molar-refractivity contribution in [3.63, 3.8) is 0 Å². The summed E-state index contributed by atoms with van der Waals surface area (Å²) in [6.07, 6.45) is 4.31. The van der Waals surface area contributed by atoms with E-state index in [1.54, 1.807) is 12.3 Å². The summed E-state index contributed by atoms with van der Waals surface area (Å²) in [5.41, 5.74) is 6.31. The van der Waals surface area contributed by atoms with Gasteiger partial charge in [-0.05, 0) is 12.5 Å². The predicted octanol–water partition coefficient (Wildman–Crippen LogP) is -0.0389. The molecule has 1 unspecified atom stereocenters. The smallest absolute Gasteiger partial charge is 0.243 e. The summed E-state index contributed by atoms with van der Waals surface area (Å²) >= 11 is 0. The molecule has 2 rings (SSSR count). The molecule has 2 heterocycles. The SMILES string of the molecule is CS(=O)(=O)CCC(N)c1nc(-c2ccncn2)no1. The van der Waals surface area contributed by atoms with Gasteiger partial charge in [0.05, 0.1) is 11.8 Å². The van der Waals surface area contributed by atoms with E-state index in [1.807, 2.05) is 0 Å². The highest BCUT2D eigenvalue weighted by Gasteiger charge is 2.17. The number of rotatable bonds is 5. The molecule has 0 saturated carbocycles. The van der Waals surface area contributed by atoms with Crippen molar-refractivity contribution in [1.82, 2.24) is 20.1 Å². The molecule has 0 amide bonds. The maximum atomic E-state index is 11.1. The van der Waals surface area contributed by atoms with Gasteiger partial charge in [0.15, 0.2) is 0 Å². The van der Waals surface area contributed by atoms with Gasteiger partial charge in [0.25, 0.3) is 0 Å². The van der Waals surface area contributed by atoms with Gasteiger partial charge in [0.1, 0.15) is 21.9 Å². The van der Waals surface area contributed by atoms with Gasteiger partial charge >= 0.3 is 0 Å². The van der Waals surface area contributed by atoms with Crippen molar-refractivity contribution in [3.05, 3.63) is 24.5 Å². The molecule has 2 aromatic rings. The molecule has 0 aliphatic heterocycles. The van der Waals surface area contributed by atoms with Crippen molar-refractivity contribution in [3.8, 4) is 11.5 Å². The van der Waals surface area contributed by atoms with Gasteiger partial charge in [0, 0.05) is 12.5 Å². The molecule has 102 valence electrons. The van der Waals surface area contributed by atoms with Crippen molar-refractivity contribution in [2.24, 2.45) is 5.73 Å². The van der Waals surface area contributed by atoms with Crippen molar-refractivity contribution >= 4 is 9.84 Å². The van der Waals surface area contributed by atoms with E-state index in [1.165, 1.54) is 6.33 Å². The van der Waals surface area contributed by atoms with Crippen LogP contribution in [-0.2, 0) is 9.84 Å². The third-order valence-electron chi connectivity index (χ3n) is 2.37. The second kappa shape index (κ2) is 5.41. The molecule has 0 saturated heterocycles. The first-order valence-corrected chi connectivity index (χ1v) is 7.55. The standard InChI is InChI=1S/C10H13N5O3S/c1-19(16,17)5-3-7(11)10-14-9(15-18-10)8-2-4-12-6-13-8/h2,4,6-7H,3,5,11H2,1H3. The lowest BCUT2D eigenvalue weighted by molar-refractivity contribution is 0.352. The molecule has 2 N–H and O–H groups in total. The van der Waals surface area contributed by atoms with Crippen molar-refractivity contribution in [2.45, 2.75) is 12.5 Å². The highest BCUT2D eigenvalue weighted by atomic mass is 32.2. The van der Waals surface area contributed by atoms with Gasteiger partial charge < -0.3 is 10.3 Å². The van der Waals surface area contributed by atoms with Gasteiger partial charge in [-0.1, -0.05) is 5.16 Å². The summed E-state index contributed by atoms with van der Waals surface area (Å²) in [6, 6.07) is 1.02. The molecular weight excluding hydrogens is 270 g/mol. The topological polar surface area (TPSA) is 125 Å². The van der Waals surface area contributed by atoms with Gasteiger partial charge in [-0.25, -0.2) is 18.4 Å². The van der Waals surface area contributed by atoms with E-state index in [0.717, 1.165) is 6.26 Å². The zero-order chi connectivity index (χ0) is 13.9. The lowest BCUT2D eigenvalue weighted by Crippen LogP contribution is -2.16. The minimum atomic E-state index is -3.06. The van der Waals surface area contributed by atoms with Crippen LogP contribution in [0.15, 0.2) is 23.1 Å². The third-order valence-corrected chi connectivity index (χ3v) is 3.35. The van der Waals surface area contributed by atoms with E-state index in [9.17, 15) is 8.42 Å². The Kier molecular flexibility index (Phi) is 3.86. The normalized spacial score (nSPS) is 13.4. The lowest BCUT2D eigenvalue weighted by Gasteiger charge is -2.04. The fourth-order valence-corrected chi connectivity index (χ4v) is 2.06. The lowest BCUT2D eigenvalue weighted by atomic mass is 10.2. The highest BCUT2D eigenvalue weighted by Crippen LogP contribution is 2.17. The van der Waals surface area contributed by atoms with E-state index in [2.05, 4.69) is 20.1 Å². The second-order valence-corrected chi connectivity index (χ2v) is 6.34. The van der Waals surface area contributed by atoms with Crippen LogP contribution in [0.2, 0.25) is 0 Å².